The van der Waals surface area contributed by atoms with Gasteiger partial charge in [0.1, 0.15) is 0 Å². The summed E-state index contributed by atoms with van der Waals surface area (Å²) in [5, 5.41) is 2.03. The Kier molecular flexibility index (Phi) is 5.73. The van der Waals surface area contributed by atoms with Crippen LogP contribution in [-0.2, 0) is 14.3 Å². The van der Waals surface area contributed by atoms with E-state index in [1.165, 1.54) is 6.92 Å². The summed E-state index contributed by atoms with van der Waals surface area (Å²) in [6.45, 7) is 1.38. The average molecular weight is 227 g/mol. The number of carbonyl (C=O) groups is 2. The van der Waals surface area contributed by atoms with Gasteiger partial charge >= 0.3 is 18.1 Å². The summed E-state index contributed by atoms with van der Waals surface area (Å²) in [4.78, 5) is 21.5. The maximum absolute atomic E-state index is 11.7. The molecule has 1 N–H and O–H groups in total. The van der Waals surface area contributed by atoms with Crippen LogP contribution in [0.5, 0.6) is 0 Å². The highest BCUT2D eigenvalue weighted by atomic mass is 19.4. The first-order valence-electron chi connectivity index (χ1n) is 4.38. The highest BCUT2D eigenvalue weighted by Gasteiger charge is 2.26. The summed E-state index contributed by atoms with van der Waals surface area (Å²) < 4.78 is 39.3. The number of hydrogen-bond acceptors (Lipinski definition) is 3. The maximum Gasteiger partial charge on any atom is 0.396 e. The predicted octanol–water partition coefficient (Wildman–Crippen LogP) is 1.01. The second-order valence-corrected chi connectivity index (χ2v) is 2.70. The topological polar surface area (TPSA) is 55.4 Å². The molecule has 88 valence electrons. The van der Waals surface area contributed by atoms with Crippen LogP contribution in [-0.4, -0.2) is 31.2 Å². The molecule has 0 rings (SSSR count). The molecular weight excluding hydrogens is 215 g/mol. The lowest BCUT2D eigenvalue weighted by Crippen LogP contribution is -2.33. The van der Waals surface area contributed by atoms with Gasteiger partial charge in [-0.1, -0.05) is 0 Å². The molecule has 0 heterocycles. The van der Waals surface area contributed by atoms with E-state index < -0.39 is 24.5 Å². The van der Waals surface area contributed by atoms with Crippen molar-refractivity contribution in [1.29, 1.82) is 0 Å². The molecule has 0 aliphatic rings. The fraction of sp³-hybridized carbons (Fsp3) is 0.750. The van der Waals surface area contributed by atoms with E-state index >= 15 is 0 Å². The van der Waals surface area contributed by atoms with Crippen LogP contribution in [0.1, 0.15) is 19.8 Å². The maximum atomic E-state index is 11.7. The molecule has 0 aromatic heterocycles. The smallest absolute Gasteiger partial charge is 0.396 e. The molecule has 0 fully saturated rings. The third-order valence-corrected chi connectivity index (χ3v) is 1.38. The number of nitrogens with one attached hydrogen (secondary N) is 1. The molecule has 0 bridgehead atoms. The Bertz CT molecular complexity index is 228. The summed E-state index contributed by atoms with van der Waals surface area (Å²) in [6, 6.07) is 0. The number of hydrogen-bond donors (Lipinski definition) is 1. The van der Waals surface area contributed by atoms with Gasteiger partial charge in [0.05, 0.1) is 6.61 Å². The lowest BCUT2D eigenvalue weighted by molar-refractivity contribution is -0.154. The van der Waals surface area contributed by atoms with Crippen LogP contribution in [0.25, 0.3) is 0 Å². The number of carbonyl (C=O) groups excluding carboxylic acids is 2. The van der Waals surface area contributed by atoms with Crippen molar-refractivity contribution in [2.45, 2.75) is 25.9 Å². The van der Waals surface area contributed by atoms with Gasteiger partial charge in [0.2, 0.25) is 0 Å². The second-order valence-electron chi connectivity index (χ2n) is 2.70. The molecule has 0 aliphatic carbocycles. The minimum Gasteiger partial charge on any atom is -0.459 e. The van der Waals surface area contributed by atoms with Crippen LogP contribution in [0, 0.1) is 0 Å². The van der Waals surface area contributed by atoms with Gasteiger partial charge in [0.25, 0.3) is 0 Å². The first kappa shape index (κ1) is 13.7. The number of amides is 1. The van der Waals surface area contributed by atoms with E-state index in [-0.39, 0.29) is 19.6 Å². The molecule has 15 heavy (non-hydrogen) atoms. The molecule has 0 spiro atoms. The molecule has 0 saturated carbocycles. The van der Waals surface area contributed by atoms with Gasteiger partial charge in [-0.3, -0.25) is 4.79 Å². The van der Waals surface area contributed by atoms with Crippen LogP contribution in [0.4, 0.5) is 13.2 Å². The molecule has 4 nitrogen and oxygen atoms in total. The van der Waals surface area contributed by atoms with Crippen molar-refractivity contribution < 1.29 is 27.5 Å². The fourth-order valence-corrected chi connectivity index (χ4v) is 0.760. The van der Waals surface area contributed by atoms with Crippen LogP contribution in [0.2, 0.25) is 0 Å². The molecule has 0 aromatic carbocycles. The van der Waals surface area contributed by atoms with Crippen molar-refractivity contribution in [3.8, 4) is 0 Å². The SMILES string of the molecule is CCOC(=O)C(=O)NCCCC(F)(F)F. The Morgan fingerprint density at radius 2 is 1.93 bits per heavy atom. The van der Waals surface area contributed by atoms with E-state index in [1.807, 2.05) is 5.32 Å². The molecule has 7 heteroatoms. The lowest BCUT2D eigenvalue weighted by Gasteiger charge is -2.06. The predicted molar refractivity (Wildman–Crippen MR) is 44.9 cm³/mol. The van der Waals surface area contributed by atoms with Crippen molar-refractivity contribution in [2.24, 2.45) is 0 Å². The third kappa shape index (κ3) is 7.77. The largest absolute Gasteiger partial charge is 0.459 e. The van der Waals surface area contributed by atoms with Gasteiger partial charge in [-0.05, 0) is 13.3 Å². The monoisotopic (exact) mass is 227 g/mol. The zero-order chi connectivity index (χ0) is 11.9. The van der Waals surface area contributed by atoms with Gasteiger partial charge in [-0.25, -0.2) is 4.79 Å². The molecule has 0 radical (unpaired) electrons. The van der Waals surface area contributed by atoms with Crippen molar-refractivity contribution in [3.63, 3.8) is 0 Å². The quantitative estimate of drug-likeness (QED) is 0.443. The van der Waals surface area contributed by atoms with Crippen LogP contribution >= 0.6 is 0 Å². The van der Waals surface area contributed by atoms with Crippen molar-refractivity contribution in [3.05, 3.63) is 0 Å². The fourth-order valence-electron chi connectivity index (χ4n) is 0.760. The Balaban J connectivity index is 3.60. The van der Waals surface area contributed by atoms with E-state index in [1.54, 1.807) is 0 Å². The first-order chi connectivity index (χ1) is 6.87. The van der Waals surface area contributed by atoms with Gasteiger partial charge < -0.3 is 10.1 Å². The first-order valence-corrected chi connectivity index (χ1v) is 4.38. The third-order valence-electron chi connectivity index (χ3n) is 1.38. The summed E-state index contributed by atoms with van der Waals surface area (Å²) in [7, 11) is 0. The Morgan fingerprint density at radius 3 is 2.40 bits per heavy atom. The Morgan fingerprint density at radius 1 is 1.33 bits per heavy atom. The zero-order valence-corrected chi connectivity index (χ0v) is 8.19. The number of halogens is 3. The summed E-state index contributed by atoms with van der Waals surface area (Å²) >= 11 is 0. The molecule has 1 amide bonds. The molecular formula is C8H12F3NO3. The minimum atomic E-state index is -4.24. The molecule has 0 saturated heterocycles. The zero-order valence-electron chi connectivity index (χ0n) is 8.19. The second kappa shape index (κ2) is 6.26. The summed E-state index contributed by atoms with van der Waals surface area (Å²) in [5.74, 6) is -2.09. The van der Waals surface area contributed by atoms with Crippen LogP contribution in [0.15, 0.2) is 0 Å². The van der Waals surface area contributed by atoms with E-state index in [0.29, 0.717) is 0 Å². The van der Waals surface area contributed by atoms with E-state index in [4.69, 9.17) is 0 Å². The molecule has 0 atom stereocenters. The van der Waals surface area contributed by atoms with Crippen molar-refractivity contribution in [2.75, 3.05) is 13.2 Å². The highest BCUT2D eigenvalue weighted by molar-refractivity contribution is 6.32. The molecule has 0 aromatic rings. The highest BCUT2D eigenvalue weighted by Crippen LogP contribution is 2.20. The van der Waals surface area contributed by atoms with Gasteiger partial charge in [-0.2, -0.15) is 13.2 Å². The van der Waals surface area contributed by atoms with E-state index in [0.717, 1.165) is 0 Å². The number of alkyl halides is 3. The standard InChI is InChI=1S/C8H12F3NO3/c1-2-15-7(14)6(13)12-5-3-4-8(9,10)11/h2-5H2,1H3,(H,12,13). The lowest BCUT2D eigenvalue weighted by atomic mass is 10.3. The van der Waals surface area contributed by atoms with Crippen LogP contribution in [0.3, 0.4) is 0 Å². The normalized spacial score (nSPS) is 10.9. The van der Waals surface area contributed by atoms with Crippen LogP contribution < -0.4 is 5.32 Å². The minimum absolute atomic E-state index is 0.0504. The van der Waals surface area contributed by atoms with Gasteiger partial charge in [-0.15, -0.1) is 0 Å². The van der Waals surface area contributed by atoms with Crippen molar-refractivity contribution >= 4 is 11.9 Å². The van der Waals surface area contributed by atoms with E-state index in [9.17, 15) is 22.8 Å². The van der Waals surface area contributed by atoms with Crippen molar-refractivity contribution in [1.82, 2.24) is 5.32 Å². The van der Waals surface area contributed by atoms with Gasteiger partial charge in [0.15, 0.2) is 0 Å². The number of ether oxygens (including phenoxy) is 1. The molecule has 0 aliphatic heterocycles. The molecule has 0 unspecified atom stereocenters. The number of esters is 1. The average Bonchev–Trinajstić information content (AvgIpc) is 2.11. The summed E-state index contributed by atoms with van der Waals surface area (Å²) in [5.41, 5.74) is 0. The van der Waals surface area contributed by atoms with Gasteiger partial charge in [0, 0.05) is 13.0 Å². The van der Waals surface area contributed by atoms with E-state index in [2.05, 4.69) is 4.74 Å². The summed E-state index contributed by atoms with van der Waals surface area (Å²) in [6.07, 6.45) is -5.49. The Hall–Kier alpha value is -1.27. The Labute approximate surface area is 84.8 Å². The number of rotatable bonds is 4.